The van der Waals surface area contributed by atoms with E-state index in [0.717, 1.165) is 24.3 Å². The van der Waals surface area contributed by atoms with E-state index in [1.165, 1.54) is 6.07 Å². The molecule has 0 aliphatic carbocycles. The molecule has 1 aromatic carbocycles. The van der Waals surface area contributed by atoms with E-state index in [0.29, 0.717) is 6.92 Å². The van der Waals surface area contributed by atoms with Crippen LogP contribution in [0.4, 0.5) is 57.1 Å². The Morgan fingerprint density at radius 1 is 0.621 bits per heavy atom. The molecule has 0 aliphatic rings. The standard InChI is InChI=1S/C15H11F13O/c1-7(8-5-3-2-4-6-8)9(29)10(16,17)11(18,19)12(20,21)13(22,23)14(24,25)15(26,27)28/h2-7,9,29H,1H3. The molecule has 2 atom stereocenters. The van der Waals surface area contributed by atoms with Gasteiger partial charge in [-0.3, -0.25) is 0 Å². The molecule has 1 nitrogen and oxygen atoms in total. The second kappa shape index (κ2) is 7.20. The van der Waals surface area contributed by atoms with Crippen molar-refractivity contribution >= 4 is 0 Å². The molecular weight excluding hydrogens is 443 g/mol. The summed E-state index contributed by atoms with van der Waals surface area (Å²) in [4.78, 5) is 0. The molecule has 1 N–H and O–H groups in total. The number of aliphatic hydroxyl groups is 1. The van der Waals surface area contributed by atoms with Crippen LogP contribution in [0.25, 0.3) is 0 Å². The smallest absolute Gasteiger partial charge is 0.386 e. The molecule has 14 heteroatoms. The molecule has 0 fully saturated rings. The minimum Gasteiger partial charge on any atom is -0.386 e. The third-order valence-electron chi connectivity index (χ3n) is 4.13. The highest BCUT2D eigenvalue weighted by Crippen LogP contribution is 2.61. The maximum absolute atomic E-state index is 13.9. The monoisotopic (exact) mass is 454 g/mol. The normalized spacial score (nSPS) is 17.2. The van der Waals surface area contributed by atoms with Crippen molar-refractivity contribution in [2.75, 3.05) is 0 Å². The molecule has 0 saturated heterocycles. The SMILES string of the molecule is CC(c1ccccc1)C(O)C(F)(F)C(F)(F)C(F)(F)C(F)(F)C(F)(F)C(F)(F)F. The molecule has 0 heterocycles. The van der Waals surface area contributed by atoms with Crippen molar-refractivity contribution in [1.29, 1.82) is 0 Å². The lowest BCUT2D eigenvalue weighted by molar-refractivity contribution is -0.444. The zero-order valence-corrected chi connectivity index (χ0v) is 13.9. The van der Waals surface area contributed by atoms with E-state index in [1.807, 2.05) is 0 Å². The van der Waals surface area contributed by atoms with Gasteiger partial charge in [0.05, 0.1) is 0 Å². The summed E-state index contributed by atoms with van der Waals surface area (Å²) in [7, 11) is 0. The van der Waals surface area contributed by atoms with E-state index >= 15 is 0 Å². The van der Waals surface area contributed by atoms with Crippen LogP contribution in [-0.4, -0.2) is 47.0 Å². The average molecular weight is 454 g/mol. The van der Waals surface area contributed by atoms with Crippen molar-refractivity contribution in [2.24, 2.45) is 0 Å². The Hall–Kier alpha value is -1.73. The summed E-state index contributed by atoms with van der Waals surface area (Å²) in [5.74, 6) is -39.9. The summed E-state index contributed by atoms with van der Waals surface area (Å²) in [5, 5.41) is 9.41. The lowest BCUT2D eigenvalue weighted by Crippen LogP contribution is -2.71. The lowest BCUT2D eigenvalue weighted by Gasteiger charge is -2.41. The first-order valence-electron chi connectivity index (χ1n) is 7.36. The number of rotatable bonds is 7. The molecule has 1 rings (SSSR count). The summed E-state index contributed by atoms with van der Waals surface area (Å²) in [6.45, 7) is 0.588. The summed E-state index contributed by atoms with van der Waals surface area (Å²) in [5.41, 5.74) is -0.369. The molecular formula is C15H11F13O. The van der Waals surface area contributed by atoms with Crippen molar-refractivity contribution in [3.05, 3.63) is 35.9 Å². The van der Waals surface area contributed by atoms with Gasteiger partial charge in [0, 0.05) is 5.92 Å². The fraction of sp³-hybridized carbons (Fsp3) is 0.600. The van der Waals surface area contributed by atoms with Crippen molar-refractivity contribution in [1.82, 2.24) is 0 Å². The highest BCUT2D eigenvalue weighted by molar-refractivity contribution is 5.22. The third-order valence-corrected chi connectivity index (χ3v) is 4.13. The molecule has 0 radical (unpaired) electrons. The highest BCUT2D eigenvalue weighted by atomic mass is 19.4. The molecule has 0 spiro atoms. The predicted octanol–water partition coefficient (Wildman–Crippen LogP) is 5.89. The number of halogens is 13. The summed E-state index contributed by atoms with van der Waals surface area (Å²) in [6, 6.07) is 5.48. The van der Waals surface area contributed by atoms with Gasteiger partial charge in [0.1, 0.15) is 6.10 Å². The second-order valence-corrected chi connectivity index (χ2v) is 6.06. The molecule has 0 saturated carbocycles. The van der Waals surface area contributed by atoms with Gasteiger partial charge in [0.2, 0.25) is 0 Å². The Bertz CT molecular complexity index is 696. The van der Waals surface area contributed by atoms with E-state index in [4.69, 9.17) is 0 Å². The first kappa shape index (κ1) is 25.3. The number of hydrogen-bond acceptors (Lipinski definition) is 1. The molecule has 0 aliphatic heterocycles. The van der Waals surface area contributed by atoms with Crippen LogP contribution in [0.15, 0.2) is 30.3 Å². The van der Waals surface area contributed by atoms with Gasteiger partial charge >= 0.3 is 35.8 Å². The van der Waals surface area contributed by atoms with E-state index in [-0.39, 0.29) is 5.56 Å². The molecule has 29 heavy (non-hydrogen) atoms. The average Bonchev–Trinajstić information content (AvgIpc) is 2.59. The van der Waals surface area contributed by atoms with Crippen molar-refractivity contribution in [3.8, 4) is 0 Å². The summed E-state index contributed by atoms with van der Waals surface area (Å²) in [6.07, 6.45) is -11.3. The van der Waals surface area contributed by atoms with E-state index in [9.17, 15) is 62.2 Å². The molecule has 168 valence electrons. The Labute approximate surface area is 154 Å². The van der Waals surface area contributed by atoms with Crippen LogP contribution in [0.1, 0.15) is 18.4 Å². The van der Waals surface area contributed by atoms with Crippen molar-refractivity contribution in [2.45, 2.75) is 54.7 Å². The lowest BCUT2D eigenvalue weighted by atomic mass is 9.85. The van der Waals surface area contributed by atoms with E-state index in [1.54, 1.807) is 0 Å². The van der Waals surface area contributed by atoms with Gasteiger partial charge < -0.3 is 5.11 Å². The topological polar surface area (TPSA) is 20.2 Å². The Kier molecular flexibility index (Phi) is 6.28. The van der Waals surface area contributed by atoms with Crippen LogP contribution in [0, 0.1) is 0 Å². The van der Waals surface area contributed by atoms with Crippen LogP contribution < -0.4 is 0 Å². The first-order chi connectivity index (χ1) is 12.7. The highest BCUT2D eigenvalue weighted by Gasteiger charge is 2.91. The van der Waals surface area contributed by atoms with Gasteiger partial charge in [-0.15, -0.1) is 0 Å². The Morgan fingerprint density at radius 2 is 1.00 bits per heavy atom. The van der Waals surface area contributed by atoms with Crippen LogP contribution in [0.5, 0.6) is 0 Å². The first-order valence-corrected chi connectivity index (χ1v) is 7.36. The molecule has 0 aromatic heterocycles. The van der Waals surface area contributed by atoms with Gasteiger partial charge in [-0.05, 0) is 5.56 Å². The zero-order chi connectivity index (χ0) is 23.3. The van der Waals surface area contributed by atoms with Crippen LogP contribution in [-0.2, 0) is 0 Å². The quantitative estimate of drug-likeness (QED) is 0.510. The van der Waals surface area contributed by atoms with Crippen LogP contribution >= 0.6 is 0 Å². The molecule has 0 bridgehead atoms. The predicted molar refractivity (Wildman–Crippen MR) is 71.7 cm³/mol. The van der Waals surface area contributed by atoms with Crippen molar-refractivity contribution in [3.63, 3.8) is 0 Å². The maximum Gasteiger partial charge on any atom is 0.460 e. The zero-order valence-electron chi connectivity index (χ0n) is 13.9. The summed E-state index contributed by atoms with van der Waals surface area (Å²) >= 11 is 0. The number of alkyl halides is 13. The van der Waals surface area contributed by atoms with Gasteiger partial charge in [0.25, 0.3) is 0 Å². The maximum atomic E-state index is 13.9. The second-order valence-electron chi connectivity index (χ2n) is 6.06. The third kappa shape index (κ3) is 3.63. The molecule has 0 amide bonds. The number of aliphatic hydroxyl groups excluding tert-OH is 1. The van der Waals surface area contributed by atoms with E-state index in [2.05, 4.69) is 0 Å². The van der Waals surface area contributed by atoms with Gasteiger partial charge in [-0.1, -0.05) is 37.3 Å². The minimum absolute atomic E-state index is 0.369. The minimum atomic E-state index is -7.99. The molecule has 2 unspecified atom stereocenters. The van der Waals surface area contributed by atoms with Gasteiger partial charge in [0.15, 0.2) is 0 Å². The van der Waals surface area contributed by atoms with Gasteiger partial charge in [-0.25, -0.2) is 0 Å². The van der Waals surface area contributed by atoms with Crippen LogP contribution in [0.3, 0.4) is 0 Å². The molecule has 1 aromatic rings. The Balaban J connectivity index is 3.46. The fourth-order valence-electron chi connectivity index (χ4n) is 2.22. The van der Waals surface area contributed by atoms with Gasteiger partial charge in [-0.2, -0.15) is 57.1 Å². The summed E-state index contributed by atoms with van der Waals surface area (Å²) < 4.78 is 170. The number of hydrogen-bond donors (Lipinski definition) is 1. The van der Waals surface area contributed by atoms with E-state index < -0.39 is 47.8 Å². The Morgan fingerprint density at radius 3 is 1.38 bits per heavy atom. The fourth-order valence-corrected chi connectivity index (χ4v) is 2.22. The van der Waals surface area contributed by atoms with Crippen LogP contribution in [0.2, 0.25) is 0 Å². The largest absolute Gasteiger partial charge is 0.460 e. The van der Waals surface area contributed by atoms with Crippen molar-refractivity contribution < 1.29 is 62.2 Å². The number of benzene rings is 1.